The van der Waals surface area contributed by atoms with Crippen LogP contribution in [0.5, 0.6) is 5.75 Å². The minimum atomic E-state index is -0.912. The van der Waals surface area contributed by atoms with Gasteiger partial charge in [0.25, 0.3) is 11.8 Å². The fourth-order valence-corrected chi connectivity index (χ4v) is 3.63. The van der Waals surface area contributed by atoms with Crippen molar-refractivity contribution < 1.29 is 18.7 Å². The van der Waals surface area contributed by atoms with Gasteiger partial charge in [0.2, 0.25) is 0 Å². The van der Waals surface area contributed by atoms with E-state index in [0.717, 1.165) is 10.6 Å². The molecule has 0 saturated carbocycles. The summed E-state index contributed by atoms with van der Waals surface area (Å²) in [4.78, 5) is 26.0. The molecule has 2 aromatic carbocycles. The smallest absolute Gasteiger partial charge is 0.279 e. The first-order chi connectivity index (χ1) is 15.5. The molecule has 1 unspecified atom stereocenters. The maximum absolute atomic E-state index is 13.0. The monoisotopic (exact) mass is 450 g/mol. The van der Waals surface area contributed by atoms with Gasteiger partial charge in [-0.1, -0.05) is 24.3 Å². The number of benzene rings is 2. The molecule has 0 bridgehead atoms. The van der Waals surface area contributed by atoms with Gasteiger partial charge in [-0.2, -0.15) is 5.10 Å². The zero-order chi connectivity index (χ0) is 22.5. The Kier molecular flexibility index (Phi) is 6.27. The molecule has 2 aromatic heterocycles. The molecule has 0 fully saturated rings. The molecule has 162 valence electrons. The molecule has 7 nitrogen and oxygen atoms in total. The molecular formula is C23H19FN4O3S. The molecule has 2 heterocycles. The molecule has 1 atom stereocenters. The first kappa shape index (κ1) is 21.3. The summed E-state index contributed by atoms with van der Waals surface area (Å²) in [7, 11) is 0. The third-order valence-corrected chi connectivity index (χ3v) is 5.41. The fraction of sp³-hybridized carbons (Fsp3) is 0.0870. The van der Waals surface area contributed by atoms with E-state index in [-0.39, 0.29) is 0 Å². The molecule has 0 aliphatic rings. The fourth-order valence-electron chi connectivity index (χ4n) is 2.91. The average Bonchev–Trinajstić information content (AvgIpc) is 3.49. The minimum absolute atomic E-state index is 0.309. The highest BCUT2D eigenvalue weighted by Crippen LogP contribution is 2.27. The lowest BCUT2D eigenvalue weighted by Gasteiger charge is -2.15. The Bertz CT molecular complexity index is 1210. The van der Waals surface area contributed by atoms with Gasteiger partial charge in [0.05, 0.1) is 16.1 Å². The van der Waals surface area contributed by atoms with Crippen LogP contribution in [0.1, 0.15) is 17.3 Å². The van der Waals surface area contributed by atoms with Crippen LogP contribution in [0, 0.1) is 5.82 Å². The highest BCUT2D eigenvalue weighted by molar-refractivity contribution is 7.13. The van der Waals surface area contributed by atoms with Crippen LogP contribution in [0.15, 0.2) is 78.3 Å². The van der Waals surface area contributed by atoms with Crippen molar-refractivity contribution in [2.75, 3.05) is 0 Å². The van der Waals surface area contributed by atoms with Crippen molar-refractivity contribution in [1.82, 2.24) is 20.6 Å². The zero-order valence-electron chi connectivity index (χ0n) is 17.0. The zero-order valence-corrected chi connectivity index (χ0v) is 17.8. The van der Waals surface area contributed by atoms with Crippen LogP contribution in [0.4, 0.5) is 4.39 Å². The van der Waals surface area contributed by atoms with Crippen LogP contribution >= 0.6 is 11.3 Å². The van der Waals surface area contributed by atoms with Gasteiger partial charge < -0.3 is 4.74 Å². The summed E-state index contributed by atoms with van der Waals surface area (Å²) in [6.45, 7) is 1.52. The molecule has 9 heteroatoms. The normalized spacial score (nSPS) is 11.6. The highest BCUT2D eigenvalue weighted by Gasteiger charge is 2.21. The third-order valence-electron chi connectivity index (χ3n) is 4.53. The Hall–Kier alpha value is -3.98. The maximum Gasteiger partial charge on any atom is 0.279 e. The van der Waals surface area contributed by atoms with Crippen molar-refractivity contribution in [1.29, 1.82) is 0 Å². The van der Waals surface area contributed by atoms with Gasteiger partial charge in [0, 0.05) is 6.20 Å². The summed E-state index contributed by atoms with van der Waals surface area (Å²) in [5, 5.41) is 6.46. The molecule has 2 N–H and O–H groups in total. The molecular weight excluding hydrogens is 431 g/mol. The molecule has 4 aromatic rings. The van der Waals surface area contributed by atoms with E-state index in [9.17, 15) is 14.0 Å². The number of amides is 2. The minimum Gasteiger partial charge on any atom is -0.481 e. The predicted octanol–water partition coefficient (Wildman–Crippen LogP) is 3.97. The molecule has 4 rings (SSSR count). The van der Waals surface area contributed by atoms with E-state index in [4.69, 9.17) is 4.74 Å². The van der Waals surface area contributed by atoms with E-state index in [1.165, 1.54) is 42.5 Å². The van der Waals surface area contributed by atoms with Crippen LogP contribution in [-0.2, 0) is 4.79 Å². The Balaban J connectivity index is 1.47. The Morgan fingerprint density at radius 2 is 1.78 bits per heavy atom. The SMILES string of the molecule is CC(Oc1ccc(F)cc1)C(=O)NNC(=O)c1cn(-c2ccccc2)nc1-c1cccs1. The number of para-hydroxylation sites is 1. The molecule has 32 heavy (non-hydrogen) atoms. The topological polar surface area (TPSA) is 85.3 Å². The summed E-state index contributed by atoms with van der Waals surface area (Å²) in [5.41, 5.74) is 6.39. The van der Waals surface area contributed by atoms with Crippen LogP contribution in [0.3, 0.4) is 0 Å². The summed E-state index contributed by atoms with van der Waals surface area (Å²) in [6, 6.07) is 18.5. The lowest BCUT2D eigenvalue weighted by molar-refractivity contribution is -0.128. The summed E-state index contributed by atoms with van der Waals surface area (Å²) < 4.78 is 20.1. The van der Waals surface area contributed by atoms with E-state index < -0.39 is 23.7 Å². The van der Waals surface area contributed by atoms with Crippen molar-refractivity contribution in [3.8, 4) is 22.0 Å². The highest BCUT2D eigenvalue weighted by atomic mass is 32.1. The lowest BCUT2D eigenvalue weighted by Crippen LogP contribution is -2.47. The number of hydrazine groups is 1. The third kappa shape index (κ3) is 4.84. The van der Waals surface area contributed by atoms with Gasteiger partial charge in [-0.25, -0.2) is 9.07 Å². The number of carbonyl (C=O) groups is 2. The van der Waals surface area contributed by atoms with Crippen molar-refractivity contribution in [3.63, 3.8) is 0 Å². The lowest BCUT2D eigenvalue weighted by atomic mass is 10.2. The number of nitrogens with zero attached hydrogens (tertiary/aromatic N) is 2. The second-order valence-corrected chi connectivity index (χ2v) is 7.75. The number of carbonyl (C=O) groups excluding carboxylic acids is 2. The first-order valence-electron chi connectivity index (χ1n) is 9.72. The van der Waals surface area contributed by atoms with Gasteiger partial charge >= 0.3 is 0 Å². The van der Waals surface area contributed by atoms with E-state index in [0.29, 0.717) is 17.0 Å². The number of thiophene rings is 1. The van der Waals surface area contributed by atoms with Crippen LogP contribution in [0.25, 0.3) is 16.3 Å². The van der Waals surface area contributed by atoms with Gasteiger partial charge in [-0.15, -0.1) is 11.3 Å². The Labute approximate surface area is 187 Å². The van der Waals surface area contributed by atoms with Crippen molar-refractivity contribution >= 4 is 23.2 Å². The first-order valence-corrected chi connectivity index (χ1v) is 10.6. The number of nitrogens with one attached hydrogen (secondary N) is 2. The number of hydrogen-bond donors (Lipinski definition) is 2. The predicted molar refractivity (Wildman–Crippen MR) is 119 cm³/mol. The van der Waals surface area contributed by atoms with E-state index in [1.54, 1.807) is 10.9 Å². The number of rotatable bonds is 6. The van der Waals surface area contributed by atoms with Gasteiger partial charge in [0.15, 0.2) is 6.10 Å². The van der Waals surface area contributed by atoms with E-state index in [1.807, 2.05) is 47.8 Å². The van der Waals surface area contributed by atoms with Crippen molar-refractivity contribution in [2.24, 2.45) is 0 Å². The Morgan fingerprint density at radius 3 is 2.47 bits per heavy atom. The second-order valence-electron chi connectivity index (χ2n) is 6.81. The largest absolute Gasteiger partial charge is 0.481 e. The number of ether oxygens (including phenoxy) is 1. The second kappa shape index (κ2) is 9.44. The summed E-state index contributed by atoms with van der Waals surface area (Å²) >= 11 is 1.46. The average molecular weight is 450 g/mol. The van der Waals surface area contributed by atoms with Crippen LogP contribution in [0.2, 0.25) is 0 Å². The molecule has 0 radical (unpaired) electrons. The van der Waals surface area contributed by atoms with Gasteiger partial charge in [0.1, 0.15) is 17.3 Å². The van der Waals surface area contributed by atoms with E-state index >= 15 is 0 Å². The van der Waals surface area contributed by atoms with Gasteiger partial charge in [-0.3, -0.25) is 20.4 Å². The number of aromatic nitrogens is 2. The molecule has 0 saturated heterocycles. The Morgan fingerprint density at radius 1 is 1.03 bits per heavy atom. The van der Waals surface area contributed by atoms with Crippen molar-refractivity contribution in [2.45, 2.75) is 13.0 Å². The maximum atomic E-state index is 13.0. The molecule has 2 amide bonds. The summed E-state index contributed by atoms with van der Waals surface area (Å²) in [5.74, 6) is -1.14. The number of halogens is 1. The standard InChI is InChI=1S/C23H19FN4O3S/c1-15(31-18-11-9-16(24)10-12-18)22(29)25-26-23(30)19-14-28(17-6-3-2-4-7-17)27-21(19)20-8-5-13-32-20/h2-15H,1H3,(H,25,29)(H,26,30). The van der Waals surface area contributed by atoms with Crippen LogP contribution in [-0.4, -0.2) is 27.7 Å². The summed E-state index contributed by atoms with van der Waals surface area (Å²) in [6.07, 6.45) is 0.703. The molecule has 0 aliphatic carbocycles. The van der Waals surface area contributed by atoms with Gasteiger partial charge in [-0.05, 0) is 54.8 Å². The quantitative estimate of drug-likeness (QED) is 0.436. The number of hydrogen-bond acceptors (Lipinski definition) is 5. The van der Waals surface area contributed by atoms with Crippen molar-refractivity contribution in [3.05, 3.63) is 89.7 Å². The van der Waals surface area contributed by atoms with Crippen LogP contribution < -0.4 is 15.6 Å². The van der Waals surface area contributed by atoms with E-state index in [2.05, 4.69) is 16.0 Å². The molecule has 0 aliphatic heterocycles. The molecule has 0 spiro atoms.